The standard InChI is InChI=1S/C15H13BrN2/c1-11-4-2-7-14(8-11)18-15(10-17)12-5-3-6-13(16)9-12/h2-9,15,18H,1H3. The first-order valence-electron chi connectivity index (χ1n) is 5.67. The Balaban J connectivity index is 2.23. The first-order valence-corrected chi connectivity index (χ1v) is 6.46. The Morgan fingerprint density at radius 2 is 1.94 bits per heavy atom. The average molecular weight is 301 g/mol. The fraction of sp³-hybridized carbons (Fsp3) is 0.133. The van der Waals surface area contributed by atoms with Crippen molar-refractivity contribution >= 4 is 21.6 Å². The summed E-state index contributed by atoms with van der Waals surface area (Å²) in [6, 6.07) is 17.7. The Hall–Kier alpha value is -1.79. The molecule has 0 aliphatic heterocycles. The van der Waals surface area contributed by atoms with Crippen molar-refractivity contribution in [3.63, 3.8) is 0 Å². The van der Waals surface area contributed by atoms with Crippen LogP contribution in [0.1, 0.15) is 17.2 Å². The highest BCUT2D eigenvalue weighted by atomic mass is 79.9. The van der Waals surface area contributed by atoms with Gasteiger partial charge in [0, 0.05) is 10.2 Å². The molecule has 2 aromatic carbocycles. The molecule has 0 saturated carbocycles. The first kappa shape index (κ1) is 12.7. The maximum atomic E-state index is 9.27. The quantitative estimate of drug-likeness (QED) is 0.910. The van der Waals surface area contributed by atoms with Gasteiger partial charge >= 0.3 is 0 Å². The Kier molecular flexibility index (Phi) is 4.01. The highest BCUT2D eigenvalue weighted by Gasteiger charge is 2.10. The summed E-state index contributed by atoms with van der Waals surface area (Å²) in [5, 5.41) is 12.5. The number of aryl methyl sites for hydroxylation is 1. The lowest BCUT2D eigenvalue weighted by molar-refractivity contribution is 0.995. The number of nitrogens with zero attached hydrogens (tertiary/aromatic N) is 1. The lowest BCUT2D eigenvalue weighted by Gasteiger charge is -2.14. The minimum atomic E-state index is -0.343. The predicted molar refractivity (Wildman–Crippen MR) is 77.3 cm³/mol. The van der Waals surface area contributed by atoms with Crippen LogP contribution in [0, 0.1) is 18.3 Å². The summed E-state index contributed by atoms with van der Waals surface area (Å²) in [7, 11) is 0. The van der Waals surface area contributed by atoms with Crippen LogP contribution in [0.4, 0.5) is 5.69 Å². The largest absolute Gasteiger partial charge is 0.366 e. The molecule has 0 amide bonds. The second-order valence-corrected chi connectivity index (χ2v) is 5.05. The van der Waals surface area contributed by atoms with Gasteiger partial charge in [-0.25, -0.2) is 0 Å². The number of hydrogen-bond acceptors (Lipinski definition) is 2. The Bertz CT molecular complexity index is 587. The molecule has 0 aliphatic carbocycles. The summed E-state index contributed by atoms with van der Waals surface area (Å²) in [6.07, 6.45) is 0. The Morgan fingerprint density at radius 3 is 2.61 bits per heavy atom. The van der Waals surface area contributed by atoms with Crippen molar-refractivity contribution in [2.45, 2.75) is 13.0 Å². The molecule has 0 saturated heterocycles. The van der Waals surface area contributed by atoms with Gasteiger partial charge in [-0.3, -0.25) is 0 Å². The van der Waals surface area contributed by atoms with Crippen molar-refractivity contribution in [3.8, 4) is 6.07 Å². The molecular weight excluding hydrogens is 288 g/mol. The van der Waals surface area contributed by atoms with E-state index in [9.17, 15) is 5.26 Å². The lowest BCUT2D eigenvalue weighted by Crippen LogP contribution is -2.08. The van der Waals surface area contributed by atoms with Gasteiger partial charge in [-0.15, -0.1) is 0 Å². The van der Waals surface area contributed by atoms with E-state index < -0.39 is 0 Å². The van der Waals surface area contributed by atoms with E-state index in [2.05, 4.69) is 27.3 Å². The first-order chi connectivity index (χ1) is 8.69. The fourth-order valence-electron chi connectivity index (χ4n) is 1.78. The zero-order valence-electron chi connectivity index (χ0n) is 10.0. The smallest absolute Gasteiger partial charge is 0.140 e. The van der Waals surface area contributed by atoms with Gasteiger partial charge in [-0.05, 0) is 42.3 Å². The molecule has 0 bridgehead atoms. The fourth-order valence-corrected chi connectivity index (χ4v) is 2.19. The Morgan fingerprint density at radius 1 is 1.17 bits per heavy atom. The van der Waals surface area contributed by atoms with E-state index in [4.69, 9.17) is 0 Å². The average Bonchev–Trinajstić information content (AvgIpc) is 2.36. The number of anilines is 1. The second kappa shape index (κ2) is 5.70. The summed E-state index contributed by atoms with van der Waals surface area (Å²) in [5.41, 5.74) is 3.08. The van der Waals surface area contributed by atoms with Gasteiger partial charge in [-0.2, -0.15) is 5.26 Å². The van der Waals surface area contributed by atoms with Crippen LogP contribution in [-0.4, -0.2) is 0 Å². The van der Waals surface area contributed by atoms with Gasteiger partial charge in [0.2, 0.25) is 0 Å². The third-order valence-electron chi connectivity index (χ3n) is 2.64. The van der Waals surface area contributed by atoms with Crippen LogP contribution in [0.5, 0.6) is 0 Å². The van der Waals surface area contributed by atoms with Crippen molar-refractivity contribution in [1.29, 1.82) is 5.26 Å². The van der Waals surface area contributed by atoms with Crippen LogP contribution < -0.4 is 5.32 Å². The maximum absolute atomic E-state index is 9.27. The molecule has 0 fully saturated rings. The molecule has 1 unspecified atom stereocenters. The number of nitriles is 1. The third kappa shape index (κ3) is 3.12. The normalized spacial score (nSPS) is 11.6. The molecular formula is C15H13BrN2. The zero-order chi connectivity index (χ0) is 13.0. The molecule has 90 valence electrons. The van der Waals surface area contributed by atoms with E-state index in [-0.39, 0.29) is 6.04 Å². The third-order valence-corrected chi connectivity index (χ3v) is 3.13. The van der Waals surface area contributed by atoms with Crippen molar-refractivity contribution in [3.05, 3.63) is 64.1 Å². The van der Waals surface area contributed by atoms with E-state index in [0.29, 0.717) is 0 Å². The number of benzene rings is 2. The zero-order valence-corrected chi connectivity index (χ0v) is 11.6. The van der Waals surface area contributed by atoms with Crippen molar-refractivity contribution in [2.24, 2.45) is 0 Å². The topological polar surface area (TPSA) is 35.8 Å². The van der Waals surface area contributed by atoms with Crippen LogP contribution in [0.25, 0.3) is 0 Å². The molecule has 2 aromatic rings. The molecule has 1 N–H and O–H groups in total. The summed E-state index contributed by atoms with van der Waals surface area (Å²) in [4.78, 5) is 0. The predicted octanol–water partition coefficient (Wildman–Crippen LogP) is 4.43. The van der Waals surface area contributed by atoms with Gasteiger partial charge in [0.15, 0.2) is 0 Å². The number of hydrogen-bond donors (Lipinski definition) is 1. The molecule has 0 radical (unpaired) electrons. The van der Waals surface area contributed by atoms with Crippen LogP contribution in [0.3, 0.4) is 0 Å². The number of nitrogens with one attached hydrogen (secondary N) is 1. The van der Waals surface area contributed by atoms with Crippen molar-refractivity contribution < 1.29 is 0 Å². The van der Waals surface area contributed by atoms with E-state index in [1.807, 2.05) is 55.5 Å². The molecule has 0 aromatic heterocycles. The lowest BCUT2D eigenvalue weighted by atomic mass is 10.1. The monoisotopic (exact) mass is 300 g/mol. The summed E-state index contributed by atoms with van der Waals surface area (Å²) >= 11 is 3.42. The van der Waals surface area contributed by atoms with E-state index in [1.54, 1.807) is 0 Å². The molecule has 0 aliphatic rings. The van der Waals surface area contributed by atoms with E-state index >= 15 is 0 Å². The molecule has 0 spiro atoms. The van der Waals surface area contributed by atoms with Crippen LogP contribution in [0.15, 0.2) is 53.0 Å². The summed E-state index contributed by atoms with van der Waals surface area (Å²) in [5.74, 6) is 0. The molecule has 1 atom stereocenters. The summed E-state index contributed by atoms with van der Waals surface area (Å²) < 4.78 is 0.978. The minimum Gasteiger partial charge on any atom is -0.366 e. The maximum Gasteiger partial charge on any atom is 0.140 e. The van der Waals surface area contributed by atoms with Gasteiger partial charge in [0.05, 0.1) is 6.07 Å². The van der Waals surface area contributed by atoms with Gasteiger partial charge in [0.25, 0.3) is 0 Å². The highest BCUT2D eigenvalue weighted by Crippen LogP contribution is 2.22. The number of rotatable bonds is 3. The van der Waals surface area contributed by atoms with Crippen molar-refractivity contribution in [1.82, 2.24) is 0 Å². The van der Waals surface area contributed by atoms with Gasteiger partial charge in [-0.1, -0.05) is 40.2 Å². The van der Waals surface area contributed by atoms with Gasteiger partial charge < -0.3 is 5.32 Å². The highest BCUT2D eigenvalue weighted by molar-refractivity contribution is 9.10. The molecule has 0 heterocycles. The minimum absolute atomic E-state index is 0.343. The summed E-state index contributed by atoms with van der Waals surface area (Å²) in [6.45, 7) is 2.03. The molecule has 2 nitrogen and oxygen atoms in total. The molecule has 2 rings (SSSR count). The van der Waals surface area contributed by atoms with Crippen LogP contribution in [-0.2, 0) is 0 Å². The molecule has 18 heavy (non-hydrogen) atoms. The van der Waals surface area contributed by atoms with Crippen molar-refractivity contribution in [2.75, 3.05) is 5.32 Å². The SMILES string of the molecule is Cc1cccc(NC(C#N)c2cccc(Br)c2)c1. The van der Waals surface area contributed by atoms with E-state index in [1.165, 1.54) is 5.56 Å². The second-order valence-electron chi connectivity index (χ2n) is 4.13. The van der Waals surface area contributed by atoms with E-state index in [0.717, 1.165) is 15.7 Å². The van der Waals surface area contributed by atoms with Gasteiger partial charge in [0.1, 0.15) is 6.04 Å². The Labute approximate surface area is 115 Å². The number of halogens is 1. The van der Waals surface area contributed by atoms with Crippen LogP contribution >= 0.6 is 15.9 Å². The molecule has 3 heteroatoms. The van der Waals surface area contributed by atoms with Crippen LogP contribution in [0.2, 0.25) is 0 Å².